The maximum Gasteiger partial charge on any atom is 0.291 e. The number of alkyl halides is 1. The number of likely N-dealkylation sites (tertiary alicyclic amines) is 1. The number of piperidine rings is 1. The van der Waals surface area contributed by atoms with Gasteiger partial charge in [0.25, 0.3) is 5.91 Å². The fraction of sp³-hybridized carbons (Fsp3) is 0.360. The van der Waals surface area contributed by atoms with Crippen LogP contribution in [0.2, 0.25) is 0 Å². The minimum absolute atomic E-state index is 0.0423. The van der Waals surface area contributed by atoms with Crippen molar-refractivity contribution in [2.75, 3.05) is 18.4 Å². The van der Waals surface area contributed by atoms with Gasteiger partial charge in [-0.15, -0.1) is 0 Å². The summed E-state index contributed by atoms with van der Waals surface area (Å²) < 4.78 is 26.1. The second-order valence-corrected chi connectivity index (χ2v) is 8.83. The number of hydrogen-bond acceptors (Lipinski definition) is 8. The second kappa shape index (κ2) is 9.73. The maximum atomic E-state index is 15.0. The molecule has 0 unspecified atom stereocenters. The number of rotatable bonds is 6. The maximum absolute atomic E-state index is 15.0. The Morgan fingerprint density at radius 2 is 2.06 bits per heavy atom. The fourth-order valence-electron chi connectivity index (χ4n) is 4.02. The largest absolute Gasteiger partial charge is 0.486 e. The molecule has 1 saturated heterocycles. The van der Waals surface area contributed by atoms with Crippen molar-refractivity contribution < 1.29 is 23.1 Å². The van der Waals surface area contributed by atoms with Crippen LogP contribution < -0.4 is 10.1 Å². The van der Waals surface area contributed by atoms with E-state index in [9.17, 15) is 19.2 Å². The lowest BCUT2D eigenvalue weighted by atomic mass is 10.0. The van der Waals surface area contributed by atoms with Crippen LogP contribution in [-0.4, -0.2) is 57.0 Å². The van der Waals surface area contributed by atoms with Gasteiger partial charge in [-0.3, -0.25) is 9.59 Å². The normalized spacial score (nSPS) is 19.4. The number of anilines is 1. The van der Waals surface area contributed by atoms with E-state index in [4.69, 9.17) is 9.15 Å². The number of amides is 2. The number of benzene rings is 1. The molecule has 1 saturated carbocycles. The van der Waals surface area contributed by atoms with Gasteiger partial charge in [0, 0.05) is 37.4 Å². The first-order valence-corrected chi connectivity index (χ1v) is 11.6. The van der Waals surface area contributed by atoms with E-state index in [2.05, 4.69) is 26.3 Å². The Kier molecular flexibility index (Phi) is 6.33. The zero-order chi connectivity index (χ0) is 25.2. The molecule has 2 aromatic heterocycles. The summed E-state index contributed by atoms with van der Waals surface area (Å²) in [5.74, 6) is 0.625. The number of nitrogens with zero attached hydrogens (tertiary/aromatic N) is 5. The highest BCUT2D eigenvalue weighted by Gasteiger charge is 2.35. The monoisotopic (exact) mass is 490 g/mol. The van der Waals surface area contributed by atoms with Crippen LogP contribution in [0.4, 0.5) is 10.2 Å². The van der Waals surface area contributed by atoms with Crippen LogP contribution in [0.15, 0.2) is 41.2 Å². The molecule has 2 amide bonds. The van der Waals surface area contributed by atoms with E-state index in [1.165, 1.54) is 17.4 Å². The first kappa shape index (κ1) is 23.4. The van der Waals surface area contributed by atoms with Crippen LogP contribution in [0.1, 0.15) is 41.3 Å². The lowest BCUT2D eigenvalue weighted by Crippen LogP contribution is -2.49. The molecule has 36 heavy (non-hydrogen) atoms. The molecule has 2 fully saturated rings. The lowest BCUT2D eigenvalue weighted by molar-refractivity contribution is -0.117. The number of carbonyl (C=O) groups is 2. The second-order valence-electron chi connectivity index (χ2n) is 8.83. The number of aromatic nitrogens is 3. The quantitative estimate of drug-likeness (QED) is 0.556. The fourth-order valence-corrected chi connectivity index (χ4v) is 4.02. The number of carbonyl (C=O) groups excluding carboxylic acids is 2. The van der Waals surface area contributed by atoms with Crippen molar-refractivity contribution in [1.82, 2.24) is 19.9 Å². The molecular weight excluding hydrogens is 467 g/mol. The van der Waals surface area contributed by atoms with Crippen molar-refractivity contribution in [3.63, 3.8) is 0 Å². The molecule has 2 atom stereocenters. The molecule has 0 bridgehead atoms. The number of halogens is 1. The molecule has 10 nitrogen and oxygen atoms in total. The Morgan fingerprint density at radius 1 is 1.22 bits per heavy atom. The van der Waals surface area contributed by atoms with E-state index in [1.807, 2.05) is 0 Å². The number of hydrogen-bond donors (Lipinski definition) is 1. The van der Waals surface area contributed by atoms with Gasteiger partial charge in [-0.1, -0.05) is 0 Å². The predicted molar refractivity (Wildman–Crippen MR) is 125 cm³/mol. The molecule has 1 N–H and O–H groups in total. The first-order chi connectivity index (χ1) is 17.4. The van der Waals surface area contributed by atoms with Gasteiger partial charge in [0.05, 0.1) is 24.0 Å². The molecule has 0 spiro atoms. The number of ether oxygens (including phenoxy) is 1. The molecule has 5 rings (SSSR count). The Hall–Kier alpha value is -4.33. The van der Waals surface area contributed by atoms with E-state index in [0.717, 1.165) is 12.8 Å². The van der Waals surface area contributed by atoms with Crippen molar-refractivity contribution >= 4 is 17.6 Å². The minimum Gasteiger partial charge on any atom is -0.486 e. The summed E-state index contributed by atoms with van der Waals surface area (Å²) >= 11 is 0. The number of oxazole rings is 1. The van der Waals surface area contributed by atoms with E-state index in [1.54, 1.807) is 31.2 Å². The smallest absolute Gasteiger partial charge is 0.291 e. The van der Waals surface area contributed by atoms with E-state index in [-0.39, 0.29) is 48.4 Å². The standard InChI is InChI=1S/C25H23FN6O4/c1-14-28-11-22(35-14)25(34)32-7-6-21(18(26)12-32)36-20-5-4-16(8-17(20)10-27)19-9-23(30-13-29-19)31-24(33)15-2-3-15/h4-5,8-9,11,13,15,18,21H,2-3,6-7,12H2,1H3,(H,29,30,31,33)/t18-,21+/m1/s1. The van der Waals surface area contributed by atoms with Crippen molar-refractivity contribution in [2.24, 2.45) is 5.92 Å². The summed E-state index contributed by atoms with van der Waals surface area (Å²) in [7, 11) is 0. The molecular formula is C25H23FN6O4. The van der Waals surface area contributed by atoms with Gasteiger partial charge in [0.15, 0.2) is 12.1 Å². The molecule has 1 aromatic carbocycles. The highest BCUT2D eigenvalue weighted by Crippen LogP contribution is 2.31. The van der Waals surface area contributed by atoms with E-state index in [0.29, 0.717) is 23.0 Å². The van der Waals surface area contributed by atoms with Crippen LogP contribution in [0.3, 0.4) is 0 Å². The Balaban J connectivity index is 1.26. The van der Waals surface area contributed by atoms with Crippen LogP contribution in [-0.2, 0) is 4.79 Å². The Labute approximate surface area is 206 Å². The number of nitrogens with one attached hydrogen (secondary N) is 1. The zero-order valence-corrected chi connectivity index (χ0v) is 19.5. The summed E-state index contributed by atoms with van der Waals surface area (Å²) in [5, 5.41) is 12.5. The molecule has 0 radical (unpaired) electrons. The van der Waals surface area contributed by atoms with Crippen LogP contribution in [0.25, 0.3) is 11.3 Å². The van der Waals surface area contributed by atoms with Gasteiger partial charge in [0.1, 0.15) is 30.1 Å². The third-order valence-electron chi connectivity index (χ3n) is 6.14. The lowest BCUT2D eigenvalue weighted by Gasteiger charge is -2.34. The average Bonchev–Trinajstić information content (AvgIpc) is 3.65. The Bertz CT molecular complexity index is 1350. The SMILES string of the molecule is Cc1ncc(C(=O)N2CC[C@H](Oc3ccc(-c4cc(NC(=O)C5CC5)ncn4)cc3C#N)[C@H](F)C2)o1. The van der Waals surface area contributed by atoms with Crippen LogP contribution >= 0.6 is 0 Å². The van der Waals surface area contributed by atoms with Gasteiger partial charge in [0.2, 0.25) is 11.7 Å². The molecule has 1 aliphatic heterocycles. The highest BCUT2D eigenvalue weighted by molar-refractivity contribution is 5.93. The van der Waals surface area contributed by atoms with Gasteiger partial charge in [-0.25, -0.2) is 19.3 Å². The van der Waals surface area contributed by atoms with Gasteiger partial charge < -0.3 is 19.4 Å². The molecule has 2 aliphatic rings. The van der Waals surface area contributed by atoms with Crippen molar-refractivity contribution in [1.29, 1.82) is 5.26 Å². The van der Waals surface area contributed by atoms with E-state index >= 15 is 0 Å². The minimum atomic E-state index is -1.45. The third-order valence-corrected chi connectivity index (χ3v) is 6.14. The topological polar surface area (TPSA) is 134 Å². The third kappa shape index (κ3) is 5.02. The highest BCUT2D eigenvalue weighted by atomic mass is 19.1. The van der Waals surface area contributed by atoms with Crippen molar-refractivity contribution in [3.05, 3.63) is 54.0 Å². The Morgan fingerprint density at radius 3 is 2.75 bits per heavy atom. The molecule has 3 heterocycles. The average molecular weight is 490 g/mol. The van der Waals surface area contributed by atoms with Crippen LogP contribution in [0.5, 0.6) is 5.75 Å². The molecule has 1 aliphatic carbocycles. The molecule has 3 aromatic rings. The zero-order valence-electron chi connectivity index (χ0n) is 19.5. The van der Waals surface area contributed by atoms with Gasteiger partial charge in [-0.2, -0.15) is 5.26 Å². The number of nitriles is 1. The summed E-state index contributed by atoms with van der Waals surface area (Å²) in [5.41, 5.74) is 1.37. The molecule has 11 heteroatoms. The van der Waals surface area contributed by atoms with Crippen molar-refractivity contribution in [2.45, 2.75) is 38.5 Å². The molecule has 184 valence electrons. The van der Waals surface area contributed by atoms with E-state index < -0.39 is 18.2 Å². The summed E-state index contributed by atoms with van der Waals surface area (Å²) in [4.78, 5) is 38.2. The van der Waals surface area contributed by atoms with Crippen LogP contribution in [0, 0.1) is 24.2 Å². The summed E-state index contributed by atoms with van der Waals surface area (Å²) in [6, 6.07) is 8.63. The number of aryl methyl sites for hydroxylation is 1. The predicted octanol–water partition coefficient (Wildman–Crippen LogP) is 3.29. The van der Waals surface area contributed by atoms with Crippen molar-refractivity contribution in [3.8, 4) is 23.1 Å². The first-order valence-electron chi connectivity index (χ1n) is 11.6. The summed E-state index contributed by atoms with van der Waals surface area (Å²) in [6.07, 6.45) is 2.43. The van der Waals surface area contributed by atoms with Gasteiger partial charge >= 0.3 is 0 Å². The summed E-state index contributed by atoms with van der Waals surface area (Å²) in [6.45, 7) is 1.75. The van der Waals surface area contributed by atoms with Gasteiger partial charge in [-0.05, 0) is 31.0 Å².